The fourth-order valence-corrected chi connectivity index (χ4v) is 6.97. The molecule has 0 aromatic rings. The molecule has 58 heavy (non-hydrogen) atoms. The lowest BCUT2D eigenvalue weighted by molar-refractivity contribution is -0.161. The zero-order chi connectivity index (χ0) is 42.5. The minimum Gasteiger partial charge on any atom is -0.462 e. The zero-order valence-electron chi connectivity index (χ0n) is 37.0. The van der Waals surface area contributed by atoms with E-state index in [1.54, 1.807) is 0 Å². The summed E-state index contributed by atoms with van der Waals surface area (Å²) in [4.78, 5) is 34.9. The van der Waals surface area contributed by atoms with Gasteiger partial charge in [0.2, 0.25) is 0 Å². The number of nitrogens with two attached hydrogens (primary N) is 1. The third-order valence-electron chi connectivity index (χ3n) is 9.67. The van der Waals surface area contributed by atoms with Crippen molar-refractivity contribution in [2.75, 3.05) is 26.4 Å². The summed E-state index contributed by atoms with van der Waals surface area (Å²) in [6.45, 7) is 3.63. The number of phosphoric acid groups is 1. The van der Waals surface area contributed by atoms with Crippen LogP contribution in [0.5, 0.6) is 0 Å². The number of esters is 2. The number of unbranched alkanes of at least 4 members (excludes halogenated alkanes) is 20. The highest BCUT2D eigenvalue weighted by atomic mass is 31.2. The first-order valence-electron chi connectivity index (χ1n) is 23.3. The molecule has 336 valence electrons. The molecule has 10 heteroatoms. The van der Waals surface area contributed by atoms with Crippen LogP contribution < -0.4 is 5.73 Å². The van der Waals surface area contributed by atoms with E-state index in [1.165, 1.54) is 122 Å². The lowest BCUT2D eigenvalue weighted by Crippen LogP contribution is -2.29. The first-order valence-corrected chi connectivity index (χ1v) is 24.8. The van der Waals surface area contributed by atoms with Gasteiger partial charge < -0.3 is 20.1 Å². The predicted octanol–water partition coefficient (Wildman–Crippen LogP) is 13.7. The minimum atomic E-state index is -4.40. The summed E-state index contributed by atoms with van der Waals surface area (Å²) < 4.78 is 32.7. The summed E-state index contributed by atoms with van der Waals surface area (Å²) in [7, 11) is -4.40. The third kappa shape index (κ3) is 43.3. The van der Waals surface area contributed by atoms with Gasteiger partial charge in [0.05, 0.1) is 13.2 Å². The lowest BCUT2D eigenvalue weighted by atomic mass is 10.0. The van der Waals surface area contributed by atoms with E-state index in [-0.39, 0.29) is 32.6 Å². The van der Waals surface area contributed by atoms with Crippen LogP contribution >= 0.6 is 7.82 Å². The Hall–Kier alpha value is -2.29. The van der Waals surface area contributed by atoms with Crippen LogP contribution in [-0.4, -0.2) is 49.3 Å². The lowest BCUT2D eigenvalue weighted by Gasteiger charge is -2.19. The van der Waals surface area contributed by atoms with Gasteiger partial charge in [0.1, 0.15) is 6.61 Å². The Kier molecular flexibility index (Phi) is 42.5. The highest BCUT2D eigenvalue weighted by molar-refractivity contribution is 7.47. The van der Waals surface area contributed by atoms with E-state index in [9.17, 15) is 19.0 Å². The van der Waals surface area contributed by atoms with Crippen LogP contribution in [0.3, 0.4) is 0 Å². The number of hydrogen-bond donors (Lipinski definition) is 2. The second kappa shape index (κ2) is 44.3. The van der Waals surface area contributed by atoms with Crippen molar-refractivity contribution in [3.63, 3.8) is 0 Å². The van der Waals surface area contributed by atoms with Gasteiger partial charge in [-0.05, 0) is 51.4 Å². The Bertz CT molecular complexity index is 1130. The third-order valence-corrected chi connectivity index (χ3v) is 10.7. The second-order valence-corrected chi connectivity index (χ2v) is 16.7. The summed E-state index contributed by atoms with van der Waals surface area (Å²) in [6, 6.07) is 0. The van der Waals surface area contributed by atoms with E-state index < -0.39 is 32.5 Å². The monoisotopic (exact) mass is 836 g/mol. The standard InChI is InChI=1S/C48H86NO8P/c1-3-5-7-9-11-13-15-17-19-21-23-25-27-29-31-33-35-37-39-41-48(51)57-46(45-56-58(52,53)55-43-42-49)44-54-47(50)40-38-36-34-32-30-28-26-24-22-20-18-16-14-12-10-8-6-4-2/h11,13,17,19,23,25,29,31,35,37,46H,3-10,12,14-16,18,20-22,24,26-28,30,32-34,36,38-45,49H2,1-2H3,(H,52,53)/b13-11+,19-17+,25-23+,31-29+,37-35+/t46-/m1/s1. The van der Waals surface area contributed by atoms with Gasteiger partial charge in [0, 0.05) is 19.4 Å². The molecular formula is C48H86NO8P. The average molecular weight is 836 g/mol. The largest absolute Gasteiger partial charge is 0.472 e. The van der Waals surface area contributed by atoms with E-state index in [2.05, 4.69) is 62.5 Å². The van der Waals surface area contributed by atoms with Gasteiger partial charge in [0.15, 0.2) is 6.10 Å². The molecule has 0 amide bonds. The molecule has 0 rings (SSSR count). The van der Waals surface area contributed by atoms with E-state index in [0.717, 1.165) is 44.9 Å². The van der Waals surface area contributed by atoms with Gasteiger partial charge in [0.25, 0.3) is 0 Å². The fourth-order valence-electron chi connectivity index (χ4n) is 6.21. The molecule has 0 heterocycles. The van der Waals surface area contributed by atoms with E-state index in [4.69, 9.17) is 24.3 Å². The number of allylic oxidation sites excluding steroid dienone is 10. The van der Waals surface area contributed by atoms with Crippen LogP contribution in [0.4, 0.5) is 0 Å². The van der Waals surface area contributed by atoms with Gasteiger partial charge in [-0.3, -0.25) is 18.6 Å². The molecule has 2 atom stereocenters. The van der Waals surface area contributed by atoms with Crippen LogP contribution in [0, 0.1) is 0 Å². The maximum atomic E-state index is 12.6. The molecule has 0 saturated heterocycles. The van der Waals surface area contributed by atoms with E-state index in [1.807, 2.05) is 12.2 Å². The Morgan fingerprint density at radius 3 is 1.40 bits per heavy atom. The molecule has 0 spiro atoms. The molecular weight excluding hydrogens is 750 g/mol. The van der Waals surface area contributed by atoms with Crippen molar-refractivity contribution in [3.8, 4) is 0 Å². The van der Waals surface area contributed by atoms with Crippen molar-refractivity contribution in [2.24, 2.45) is 5.73 Å². The molecule has 0 fully saturated rings. The SMILES string of the molecule is CCCCC/C=C/C/C=C/C/C=C/C/C=C/C/C=C/CCC(=O)O[C@H](COC(=O)CCCCCCCCCCCCCCCCCCCC)COP(=O)(O)OCCN. The predicted molar refractivity (Wildman–Crippen MR) is 243 cm³/mol. The molecule has 0 bridgehead atoms. The number of carbonyl (C=O) groups is 2. The Labute approximate surface area is 355 Å². The molecule has 0 aromatic carbocycles. The highest BCUT2D eigenvalue weighted by Crippen LogP contribution is 2.43. The summed E-state index contributed by atoms with van der Waals surface area (Å²) in [5.74, 6) is -0.921. The summed E-state index contributed by atoms with van der Waals surface area (Å²) >= 11 is 0. The maximum Gasteiger partial charge on any atom is 0.472 e. The molecule has 0 aliphatic carbocycles. The molecule has 0 saturated carbocycles. The van der Waals surface area contributed by atoms with Crippen molar-refractivity contribution in [1.82, 2.24) is 0 Å². The highest BCUT2D eigenvalue weighted by Gasteiger charge is 2.25. The molecule has 0 aromatic heterocycles. The fraction of sp³-hybridized carbons (Fsp3) is 0.750. The van der Waals surface area contributed by atoms with Crippen molar-refractivity contribution in [1.29, 1.82) is 0 Å². The minimum absolute atomic E-state index is 0.0410. The van der Waals surface area contributed by atoms with Crippen LogP contribution in [0.1, 0.15) is 200 Å². The van der Waals surface area contributed by atoms with E-state index in [0.29, 0.717) is 6.42 Å². The molecule has 3 N–H and O–H groups in total. The molecule has 1 unspecified atom stereocenters. The topological polar surface area (TPSA) is 134 Å². The van der Waals surface area contributed by atoms with Crippen molar-refractivity contribution < 1.29 is 37.6 Å². The Balaban J connectivity index is 4.22. The van der Waals surface area contributed by atoms with Crippen LogP contribution in [-0.2, 0) is 32.7 Å². The van der Waals surface area contributed by atoms with E-state index >= 15 is 0 Å². The van der Waals surface area contributed by atoms with Crippen LogP contribution in [0.25, 0.3) is 0 Å². The number of rotatable bonds is 43. The van der Waals surface area contributed by atoms with Crippen molar-refractivity contribution >= 4 is 19.8 Å². The normalized spacial score (nSPS) is 13.8. The Morgan fingerprint density at radius 2 is 0.931 bits per heavy atom. The first-order chi connectivity index (χ1) is 28.3. The summed E-state index contributed by atoms with van der Waals surface area (Å²) in [5.41, 5.74) is 5.35. The maximum absolute atomic E-state index is 12.6. The smallest absolute Gasteiger partial charge is 0.462 e. The molecule has 0 radical (unpaired) electrons. The number of carbonyl (C=O) groups excluding carboxylic acids is 2. The number of hydrogen-bond acceptors (Lipinski definition) is 8. The van der Waals surface area contributed by atoms with Gasteiger partial charge in [-0.2, -0.15) is 0 Å². The van der Waals surface area contributed by atoms with Gasteiger partial charge in [-0.15, -0.1) is 0 Å². The van der Waals surface area contributed by atoms with Crippen LogP contribution in [0.15, 0.2) is 60.8 Å². The van der Waals surface area contributed by atoms with Gasteiger partial charge in [-0.25, -0.2) is 4.57 Å². The Morgan fingerprint density at radius 1 is 0.517 bits per heavy atom. The quantitative estimate of drug-likeness (QED) is 0.0266. The summed E-state index contributed by atoms with van der Waals surface area (Å²) in [6.07, 6.45) is 52.7. The summed E-state index contributed by atoms with van der Waals surface area (Å²) in [5, 5.41) is 0. The second-order valence-electron chi connectivity index (χ2n) is 15.3. The van der Waals surface area contributed by atoms with Crippen LogP contribution in [0.2, 0.25) is 0 Å². The number of phosphoric ester groups is 1. The zero-order valence-corrected chi connectivity index (χ0v) is 37.9. The van der Waals surface area contributed by atoms with Crippen molar-refractivity contribution in [2.45, 2.75) is 206 Å². The molecule has 0 aliphatic heterocycles. The molecule has 9 nitrogen and oxygen atoms in total. The number of ether oxygens (including phenoxy) is 2. The van der Waals surface area contributed by atoms with Gasteiger partial charge >= 0.3 is 19.8 Å². The van der Waals surface area contributed by atoms with Crippen molar-refractivity contribution in [3.05, 3.63) is 60.8 Å². The average Bonchev–Trinajstić information content (AvgIpc) is 3.21. The first kappa shape index (κ1) is 55.7. The van der Waals surface area contributed by atoms with Gasteiger partial charge in [-0.1, -0.05) is 197 Å². The molecule has 0 aliphatic rings.